The lowest BCUT2D eigenvalue weighted by molar-refractivity contribution is 0.0600. The summed E-state index contributed by atoms with van der Waals surface area (Å²) in [5.41, 5.74) is 1.64. The Morgan fingerprint density at radius 3 is 2.44 bits per heavy atom. The fourth-order valence-electron chi connectivity index (χ4n) is 2.26. The van der Waals surface area contributed by atoms with E-state index >= 15 is 0 Å². The molecule has 6 nitrogen and oxygen atoms in total. The highest BCUT2D eigenvalue weighted by molar-refractivity contribution is 7.17. The predicted octanol–water partition coefficient (Wildman–Crippen LogP) is 4.06. The molecule has 0 saturated heterocycles. The van der Waals surface area contributed by atoms with Crippen molar-refractivity contribution >= 4 is 28.9 Å². The van der Waals surface area contributed by atoms with Crippen molar-refractivity contribution in [3.05, 3.63) is 58.3 Å². The van der Waals surface area contributed by atoms with Gasteiger partial charge in [0.15, 0.2) is 10.8 Å². The molecular weight excluding hydrogens is 340 g/mol. The topological polar surface area (TPSA) is 81.4 Å². The maximum Gasteiger partial charge on any atom is 0.337 e. The number of rotatable bonds is 4. The molecule has 3 rings (SSSR count). The van der Waals surface area contributed by atoms with Crippen molar-refractivity contribution in [1.29, 1.82) is 0 Å². The number of carbonyl (C=O) groups is 2. The zero-order valence-electron chi connectivity index (χ0n) is 14.0. The van der Waals surface area contributed by atoms with E-state index in [4.69, 9.17) is 4.42 Å². The molecule has 3 aromatic rings. The van der Waals surface area contributed by atoms with Crippen LogP contribution in [0.4, 0.5) is 5.69 Å². The van der Waals surface area contributed by atoms with Crippen molar-refractivity contribution in [1.82, 2.24) is 4.98 Å². The fourth-order valence-corrected chi connectivity index (χ4v) is 3.18. The summed E-state index contributed by atoms with van der Waals surface area (Å²) < 4.78 is 10.2. The number of carbonyl (C=O) groups excluding carboxylic acids is 2. The second-order valence-corrected chi connectivity index (χ2v) is 6.37. The molecule has 2 heterocycles. The van der Waals surface area contributed by atoms with Crippen molar-refractivity contribution in [3.8, 4) is 10.8 Å². The van der Waals surface area contributed by atoms with Crippen LogP contribution in [0, 0.1) is 13.8 Å². The number of furan rings is 1. The standard InChI is InChI=1S/C18H16N2O4S/c1-10-4-9-14(24-10)17-19-11(2)15(25-17)16(21)20-13-7-5-12(6-8-13)18(22)23-3/h4-9H,1-3H3,(H,20,21). The number of hydrogen-bond acceptors (Lipinski definition) is 6. The largest absolute Gasteiger partial charge is 0.465 e. The van der Waals surface area contributed by atoms with E-state index in [1.807, 2.05) is 19.1 Å². The quantitative estimate of drug-likeness (QED) is 0.713. The lowest BCUT2D eigenvalue weighted by Gasteiger charge is -2.05. The monoisotopic (exact) mass is 356 g/mol. The first-order valence-corrected chi connectivity index (χ1v) is 8.33. The molecule has 0 unspecified atom stereocenters. The molecule has 1 amide bonds. The minimum atomic E-state index is -0.422. The van der Waals surface area contributed by atoms with E-state index in [1.54, 1.807) is 31.2 Å². The molecule has 0 aliphatic heterocycles. The van der Waals surface area contributed by atoms with Crippen LogP contribution < -0.4 is 5.32 Å². The van der Waals surface area contributed by atoms with Crippen molar-refractivity contribution < 1.29 is 18.7 Å². The molecule has 0 fully saturated rings. The number of anilines is 1. The first-order chi connectivity index (χ1) is 12.0. The Hall–Kier alpha value is -2.93. The number of aryl methyl sites for hydroxylation is 2. The number of thiazole rings is 1. The molecule has 0 aliphatic carbocycles. The van der Waals surface area contributed by atoms with Gasteiger partial charge in [0, 0.05) is 5.69 Å². The normalized spacial score (nSPS) is 10.5. The Bertz CT molecular complexity index is 925. The van der Waals surface area contributed by atoms with E-state index in [-0.39, 0.29) is 5.91 Å². The van der Waals surface area contributed by atoms with Gasteiger partial charge in [0.2, 0.25) is 0 Å². The van der Waals surface area contributed by atoms with E-state index in [1.165, 1.54) is 18.4 Å². The highest BCUT2D eigenvalue weighted by Gasteiger charge is 2.18. The smallest absolute Gasteiger partial charge is 0.337 e. The average molecular weight is 356 g/mol. The van der Waals surface area contributed by atoms with Gasteiger partial charge in [0.1, 0.15) is 10.6 Å². The number of benzene rings is 1. The predicted molar refractivity (Wildman–Crippen MR) is 95.0 cm³/mol. The molecule has 0 radical (unpaired) electrons. The van der Waals surface area contributed by atoms with Gasteiger partial charge in [-0.25, -0.2) is 9.78 Å². The van der Waals surface area contributed by atoms with Crippen molar-refractivity contribution in [3.63, 3.8) is 0 Å². The third-order valence-electron chi connectivity index (χ3n) is 3.52. The van der Waals surface area contributed by atoms with E-state index in [0.717, 1.165) is 5.76 Å². The van der Waals surface area contributed by atoms with E-state index < -0.39 is 5.97 Å². The first-order valence-electron chi connectivity index (χ1n) is 7.52. The van der Waals surface area contributed by atoms with Gasteiger partial charge in [0.25, 0.3) is 5.91 Å². The van der Waals surface area contributed by atoms with Crippen LogP contribution in [-0.2, 0) is 4.74 Å². The molecule has 0 saturated carbocycles. The summed E-state index contributed by atoms with van der Waals surface area (Å²) in [6.45, 7) is 3.64. The van der Waals surface area contributed by atoms with Crippen molar-refractivity contribution in [2.45, 2.75) is 13.8 Å². The van der Waals surface area contributed by atoms with Crippen molar-refractivity contribution in [2.75, 3.05) is 12.4 Å². The van der Waals surface area contributed by atoms with E-state index in [2.05, 4.69) is 15.0 Å². The van der Waals surface area contributed by atoms with Gasteiger partial charge in [-0.05, 0) is 50.2 Å². The number of esters is 1. The second kappa shape index (κ2) is 6.90. The summed E-state index contributed by atoms with van der Waals surface area (Å²) in [5, 5.41) is 3.47. The van der Waals surface area contributed by atoms with Gasteiger partial charge in [-0.1, -0.05) is 0 Å². The summed E-state index contributed by atoms with van der Waals surface area (Å²) in [6.07, 6.45) is 0. The van der Waals surface area contributed by atoms with Gasteiger partial charge in [-0.3, -0.25) is 4.79 Å². The van der Waals surface area contributed by atoms with Gasteiger partial charge < -0.3 is 14.5 Å². The SMILES string of the molecule is COC(=O)c1ccc(NC(=O)c2sc(-c3ccc(C)o3)nc2C)cc1. The van der Waals surface area contributed by atoms with Crippen LogP contribution >= 0.6 is 11.3 Å². The lowest BCUT2D eigenvalue weighted by Crippen LogP contribution is -2.11. The third-order valence-corrected chi connectivity index (χ3v) is 4.69. The number of amides is 1. The van der Waals surface area contributed by atoms with Gasteiger partial charge in [-0.2, -0.15) is 0 Å². The molecule has 0 atom stereocenters. The molecule has 0 spiro atoms. The summed E-state index contributed by atoms with van der Waals surface area (Å²) in [6, 6.07) is 10.2. The highest BCUT2D eigenvalue weighted by atomic mass is 32.1. The highest BCUT2D eigenvalue weighted by Crippen LogP contribution is 2.29. The minimum absolute atomic E-state index is 0.254. The van der Waals surface area contributed by atoms with E-state index in [9.17, 15) is 9.59 Å². The molecular formula is C18H16N2O4S. The average Bonchev–Trinajstić information content (AvgIpc) is 3.20. The number of methoxy groups -OCH3 is 1. The van der Waals surface area contributed by atoms with E-state index in [0.29, 0.717) is 32.6 Å². The Balaban J connectivity index is 1.77. The number of ether oxygens (including phenoxy) is 1. The number of nitrogens with one attached hydrogen (secondary N) is 1. The van der Waals surface area contributed by atoms with Crippen LogP contribution in [0.5, 0.6) is 0 Å². The lowest BCUT2D eigenvalue weighted by atomic mass is 10.2. The maximum atomic E-state index is 12.5. The summed E-state index contributed by atoms with van der Waals surface area (Å²) in [7, 11) is 1.32. The van der Waals surface area contributed by atoms with Gasteiger partial charge in [-0.15, -0.1) is 11.3 Å². The Morgan fingerprint density at radius 2 is 1.84 bits per heavy atom. The molecule has 25 heavy (non-hydrogen) atoms. The summed E-state index contributed by atoms with van der Waals surface area (Å²) in [4.78, 5) is 28.8. The van der Waals surface area contributed by atoms with Crippen LogP contribution in [0.15, 0.2) is 40.8 Å². The summed E-state index contributed by atoms with van der Waals surface area (Å²) >= 11 is 1.27. The van der Waals surface area contributed by atoms with Crippen LogP contribution in [0.3, 0.4) is 0 Å². The molecule has 1 N–H and O–H groups in total. The molecule has 0 bridgehead atoms. The number of aromatic nitrogens is 1. The molecule has 0 aliphatic rings. The van der Waals surface area contributed by atoms with Crippen molar-refractivity contribution in [2.24, 2.45) is 0 Å². The van der Waals surface area contributed by atoms with Gasteiger partial charge in [0.05, 0.1) is 18.4 Å². The zero-order valence-corrected chi connectivity index (χ0v) is 14.8. The molecule has 7 heteroatoms. The maximum absolute atomic E-state index is 12.5. The van der Waals surface area contributed by atoms with Crippen LogP contribution in [0.1, 0.15) is 31.5 Å². The second-order valence-electron chi connectivity index (χ2n) is 5.37. The molecule has 128 valence electrons. The number of hydrogen-bond donors (Lipinski definition) is 1. The first kappa shape index (κ1) is 16.9. The zero-order chi connectivity index (χ0) is 18.0. The van der Waals surface area contributed by atoms with Crippen LogP contribution in [0.25, 0.3) is 10.8 Å². The minimum Gasteiger partial charge on any atom is -0.465 e. The fraction of sp³-hybridized carbons (Fsp3) is 0.167. The Kier molecular flexibility index (Phi) is 4.67. The Morgan fingerprint density at radius 1 is 1.12 bits per heavy atom. The van der Waals surface area contributed by atoms with Gasteiger partial charge >= 0.3 is 5.97 Å². The van der Waals surface area contributed by atoms with Crippen LogP contribution in [0.2, 0.25) is 0 Å². The Labute approximate surface area is 148 Å². The molecule has 1 aromatic carbocycles. The molecule has 2 aromatic heterocycles. The number of nitrogens with zero attached hydrogens (tertiary/aromatic N) is 1. The van der Waals surface area contributed by atoms with Crippen LogP contribution in [-0.4, -0.2) is 24.0 Å². The third kappa shape index (κ3) is 3.61. The summed E-state index contributed by atoms with van der Waals surface area (Å²) in [5.74, 6) is 0.761.